The second-order valence-electron chi connectivity index (χ2n) is 4.82. The first kappa shape index (κ1) is 15.8. The van der Waals surface area contributed by atoms with Gasteiger partial charge in [-0.1, -0.05) is 29.3 Å². The van der Waals surface area contributed by atoms with E-state index in [9.17, 15) is 4.79 Å². The summed E-state index contributed by atoms with van der Waals surface area (Å²) in [5.41, 5.74) is 3.54. The van der Waals surface area contributed by atoms with Gasteiger partial charge in [-0.3, -0.25) is 0 Å². The number of halogens is 1. The van der Waals surface area contributed by atoms with Crippen LogP contribution in [0.2, 0.25) is 0 Å². The normalized spacial score (nSPS) is 10.7. The van der Waals surface area contributed by atoms with E-state index in [0.717, 1.165) is 34.3 Å². The van der Waals surface area contributed by atoms with Crippen LogP contribution in [0.5, 0.6) is 0 Å². The molecule has 5 heteroatoms. The number of rotatable bonds is 5. The molecule has 1 aromatic heterocycles. The Bertz CT molecular complexity index is 650. The standard InChI is InChI=1S/C16H19BrN2O2/c1-4-6-15-13(16(20)21-5-2)10-18-19(15)14-8-7-12(17)9-11(14)3/h7-10H,4-6H2,1-3H3. The molecule has 2 rings (SSSR count). The Labute approximate surface area is 133 Å². The molecule has 0 radical (unpaired) electrons. The first-order chi connectivity index (χ1) is 10.1. The van der Waals surface area contributed by atoms with E-state index >= 15 is 0 Å². The van der Waals surface area contributed by atoms with Crippen molar-refractivity contribution in [1.29, 1.82) is 0 Å². The van der Waals surface area contributed by atoms with Crippen molar-refractivity contribution in [2.24, 2.45) is 0 Å². The lowest BCUT2D eigenvalue weighted by Gasteiger charge is -2.11. The molecule has 21 heavy (non-hydrogen) atoms. The van der Waals surface area contributed by atoms with Gasteiger partial charge in [0.05, 0.1) is 24.2 Å². The summed E-state index contributed by atoms with van der Waals surface area (Å²) < 4.78 is 7.98. The summed E-state index contributed by atoms with van der Waals surface area (Å²) in [5.74, 6) is -0.304. The maximum Gasteiger partial charge on any atom is 0.341 e. The fourth-order valence-electron chi connectivity index (χ4n) is 2.29. The third-order valence-corrected chi connectivity index (χ3v) is 3.73. The molecule has 4 nitrogen and oxygen atoms in total. The van der Waals surface area contributed by atoms with Crippen molar-refractivity contribution in [2.75, 3.05) is 6.61 Å². The molecule has 1 heterocycles. The van der Waals surface area contributed by atoms with Crippen LogP contribution in [-0.2, 0) is 11.2 Å². The van der Waals surface area contributed by atoms with Crippen LogP contribution in [-0.4, -0.2) is 22.4 Å². The average Bonchev–Trinajstić information content (AvgIpc) is 2.83. The van der Waals surface area contributed by atoms with Crippen molar-refractivity contribution in [3.05, 3.63) is 45.7 Å². The topological polar surface area (TPSA) is 44.1 Å². The minimum atomic E-state index is -0.304. The van der Waals surface area contributed by atoms with E-state index in [2.05, 4.69) is 28.0 Å². The lowest BCUT2D eigenvalue weighted by molar-refractivity contribution is 0.0525. The Kier molecular flexibility index (Phi) is 5.17. The third kappa shape index (κ3) is 3.35. The Morgan fingerprint density at radius 1 is 1.38 bits per heavy atom. The van der Waals surface area contributed by atoms with E-state index in [0.29, 0.717) is 12.2 Å². The fraction of sp³-hybridized carbons (Fsp3) is 0.375. The first-order valence-corrected chi connectivity index (χ1v) is 7.88. The summed E-state index contributed by atoms with van der Waals surface area (Å²) in [6.07, 6.45) is 3.32. The van der Waals surface area contributed by atoms with Gasteiger partial charge in [-0.15, -0.1) is 0 Å². The van der Waals surface area contributed by atoms with Gasteiger partial charge in [-0.25, -0.2) is 9.48 Å². The van der Waals surface area contributed by atoms with E-state index < -0.39 is 0 Å². The summed E-state index contributed by atoms with van der Waals surface area (Å²) in [7, 11) is 0. The van der Waals surface area contributed by atoms with Crippen LogP contribution < -0.4 is 0 Å². The zero-order valence-electron chi connectivity index (χ0n) is 12.5. The van der Waals surface area contributed by atoms with E-state index in [1.807, 2.05) is 29.8 Å². The lowest BCUT2D eigenvalue weighted by Crippen LogP contribution is -2.10. The van der Waals surface area contributed by atoms with E-state index in [1.165, 1.54) is 0 Å². The molecule has 0 bridgehead atoms. The summed E-state index contributed by atoms with van der Waals surface area (Å²) in [6.45, 7) is 6.29. The molecule has 0 unspecified atom stereocenters. The van der Waals surface area contributed by atoms with Crippen LogP contribution in [0.15, 0.2) is 28.9 Å². The first-order valence-electron chi connectivity index (χ1n) is 7.09. The smallest absolute Gasteiger partial charge is 0.341 e. The average molecular weight is 351 g/mol. The van der Waals surface area contributed by atoms with Gasteiger partial charge in [0, 0.05) is 4.47 Å². The Morgan fingerprint density at radius 3 is 2.76 bits per heavy atom. The predicted molar refractivity (Wildman–Crippen MR) is 86.0 cm³/mol. The van der Waals surface area contributed by atoms with Gasteiger partial charge in [0.1, 0.15) is 5.56 Å². The zero-order chi connectivity index (χ0) is 15.4. The van der Waals surface area contributed by atoms with Crippen LogP contribution in [0, 0.1) is 6.92 Å². The summed E-state index contributed by atoms with van der Waals surface area (Å²) in [4.78, 5) is 12.0. The van der Waals surface area contributed by atoms with Gasteiger partial charge >= 0.3 is 5.97 Å². The molecule has 1 aromatic carbocycles. The molecule has 0 atom stereocenters. The molecule has 0 fully saturated rings. The molecule has 0 aliphatic carbocycles. The number of nitrogens with zero attached hydrogens (tertiary/aromatic N) is 2. The molecular weight excluding hydrogens is 332 g/mol. The summed E-state index contributed by atoms with van der Waals surface area (Å²) in [6, 6.07) is 6.01. The second-order valence-corrected chi connectivity index (χ2v) is 5.73. The molecule has 0 N–H and O–H groups in total. The molecule has 0 saturated heterocycles. The Morgan fingerprint density at radius 2 is 2.14 bits per heavy atom. The second kappa shape index (κ2) is 6.89. The highest BCUT2D eigenvalue weighted by Gasteiger charge is 2.19. The summed E-state index contributed by atoms with van der Waals surface area (Å²) in [5, 5.41) is 4.40. The van der Waals surface area contributed by atoms with Crippen molar-refractivity contribution in [2.45, 2.75) is 33.6 Å². The fourth-order valence-corrected chi connectivity index (χ4v) is 2.77. The predicted octanol–water partition coefficient (Wildman–Crippen LogP) is 4.07. The Hall–Kier alpha value is -1.62. The van der Waals surface area contributed by atoms with Crippen molar-refractivity contribution >= 4 is 21.9 Å². The van der Waals surface area contributed by atoms with Crippen molar-refractivity contribution in [3.8, 4) is 5.69 Å². The SMILES string of the molecule is CCCc1c(C(=O)OCC)cnn1-c1ccc(Br)cc1C. The maximum atomic E-state index is 12.0. The molecule has 0 aliphatic rings. The largest absolute Gasteiger partial charge is 0.462 e. The van der Waals surface area contributed by atoms with Crippen LogP contribution in [0.25, 0.3) is 5.69 Å². The van der Waals surface area contributed by atoms with Crippen molar-refractivity contribution in [1.82, 2.24) is 9.78 Å². The van der Waals surface area contributed by atoms with Crippen LogP contribution in [0.3, 0.4) is 0 Å². The molecule has 0 aliphatic heterocycles. The van der Waals surface area contributed by atoms with Crippen LogP contribution >= 0.6 is 15.9 Å². The maximum absolute atomic E-state index is 12.0. The zero-order valence-corrected chi connectivity index (χ0v) is 14.1. The van der Waals surface area contributed by atoms with Gasteiger partial charge in [-0.2, -0.15) is 5.10 Å². The van der Waals surface area contributed by atoms with Crippen LogP contribution in [0.1, 0.15) is 41.9 Å². The highest BCUT2D eigenvalue weighted by molar-refractivity contribution is 9.10. The monoisotopic (exact) mass is 350 g/mol. The van der Waals surface area contributed by atoms with Gasteiger partial charge in [0.15, 0.2) is 0 Å². The number of hydrogen-bond donors (Lipinski definition) is 0. The Balaban J connectivity index is 2.51. The van der Waals surface area contributed by atoms with E-state index in [-0.39, 0.29) is 5.97 Å². The van der Waals surface area contributed by atoms with Gasteiger partial charge < -0.3 is 4.74 Å². The molecule has 112 valence electrons. The van der Waals surface area contributed by atoms with Gasteiger partial charge in [0.25, 0.3) is 0 Å². The number of esters is 1. The molecule has 2 aromatic rings. The van der Waals surface area contributed by atoms with Gasteiger partial charge in [-0.05, 0) is 44.0 Å². The van der Waals surface area contributed by atoms with E-state index in [1.54, 1.807) is 13.1 Å². The molecule has 0 amide bonds. The molecule has 0 spiro atoms. The van der Waals surface area contributed by atoms with Gasteiger partial charge in [0.2, 0.25) is 0 Å². The number of carbonyl (C=O) groups excluding carboxylic acids is 1. The minimum absolute atomic E-state index is 0.304. The lowest BCUT2D eigenvalue weighted by atomic mass is 10.1. The van der Waals surface area contributed by atoms with Crippen LogP contribution in [0.4, 0.5) is 0 Å². The summed E-state index contributed by atoms with van der Waals surface area (Å²) >= 11 is 3.46. The highest BCUT2D eigenvalue weighted by Crippen LogP contribution is 2.23. The highest BCUT2D eigenvalue weighted by atomic mass is 79.9. The third-order valence-electron chi connectivity index (χ3n) is 3.24. The minimum Gasteiger partial charge on any atom is -0.462 e. The quantitative estimate of drug-likeness (QED) is 0.763. The van der Waals surface area contributed by atoms with Crippen molar-refractivity contribution < 1.29 is 9.53 Å². The van der Waals surface area contributed by atoms with Crippen molar-refractivity contribution in [3.63, 3.8) is 0 Å². The number of aromatic nitrogens is 2. The van der Waals surface area contributed by atoms with E-state index in [4.69, 9.17) is 4.74 Å². The molecule has 0 saturated carbocycles. The number of benzene rings is 1. The number of carbonyl (C=O) groups is 1. The number of aryl methyl sites for hydroxylation is 1. The number of hydrogen-bond acceptors (Lipinski definition) is 3. The molecular formula is C16H19BrN2O2. The number of ether oxygens (including phenoxy) is 1.